The largest absolute Gasteiger partial charge is 0.394 e. The minimum Gasteiger partial charge on any atom is -0.394 e. The second kappa shape index (κ2) is 5.07. The van der Waals surface area contributed by atoms with Crippen molar-refractivity contribution in [1.82, 2.24) is 19.9 Å². The van der Waals surface area contributed by atoms with E-state index in [1.54, 1.807) is 4.68 Å². The third-order valence-corrected chi connectivity index (χ3v) is 2.71. The van der Waals surface area contributed by atoms with Crippen molar-refractivity contribution in [2.45, 2.75) is 26.2 Å². The van der Waals surface area contributed by atoms with E-state index >= 15 is 0 Å². The van der Waals surface area contributed by atoms with Crippen LogP contribution in [0.3, 0.4) is 0 Å². The van der Waals surface area contributed by atoms with Gasteiger partial charge in [-0.2, -0.15) is 10.1 Å². The van der Waals surface area contributed by atoms with Gasteiger partial charge in [0.2, 0.25) is 6.39 Å². The van der Waals surface area contributed by atoms with E-state index in [0.717, 1.165) is 11.5 Å². The fourth-order valence-electron chi connectivity index (χ4n) is 1.79. The molecule has 0 spiro atoms. The molecule has 98 valence electrons. The zero-order chi connectivity index (χ0) is 13.1. The smallest absolute Gasteiger partial charge is 0.213 e. The number of aryl methyl sites for hydroxylation is 1. The molecule has 0 saturated heterocycles. The second-order valence-corrected chi connectivity index (χ2v) is 4.45. The Hall–Kier alpha value is -2.05. The lowest BCUT2D eigenvalue weighted by Crippen LogP contribution is -2.10. The molecule has 0 aliphatic heterocycles. The van der Waals surface area contributed by atoms with Crippen LogP contribution < -0.4 is 11.1 Å². The maximum absolute atomic E-state index is 6.07. The lowest BCUT2D eigenvalue weighted by atomic mass is 10.1. The molecule has 0 aliphatic carbocycles. The summed E-state index contributed by atoms with van der Waals surface area (Å²) in [6.45, 7) is 4.82. The second-order valence-electron chi connectivity index (χ2n) is 4.45. The molecular formula is C11H18N6O. The zero-order valence-corrected chi connectivity index (χ0v) is 10.8. The molecule has 2 rings (SSSR count). The van der Waals surface area contributed by atoms with Gasteiger partial charge in [0, 0.05) is 20.0 Å². The monoisotopic (exact) mass is 250 g/mol. The van der Waals surface area contributed by atoms with Gasteiger partial charge in [0.25, 0.3) is 0 Å². The van der Waals surface area contributed by atoms with E-state index < -0.39 is 0 Å². The summed E-state index contributed by atoms with van der Waals surface area (Å²) in [5.74, 6) is 1.82. The molecule has 2 aromatic heterocycles. The van der Waals surface area contributed by atoms with Crippen LogP contribution in [0.2, 0.25) is 0 Å². The molecule has 0 amide bonds. The summed E-state index contributed by atoms with van der Waals surface area (Å²) in [5, 5.41) is 11.4. The van der Waals surface area contributed by atoms with Crippen LogP contribution in [0.15, 0.2) is 10.9 Å². The first-order chi connectivity index (χ1) is 8.59. The predicted octanol–water partition coefficient (Wildman–Crippen LogP) is 1.16. The quantitative estimate of drug-likeness (QED) is 0.827. The Morgan fingerprint density at radius 1 is 1.50 bits per heavy atom. The van der Waals surface area contributed by atoms with E-state index in [4.69, 9.17) is 5.73 Å². The van der Waals surface area contributed by atoms with Gasteiger partial charge >= 0.3 is 0 Å². The number of hydrogen-bond acceptors (Lipinski definition) is 6. The van der Waals surface area contributed by atoms with E-state index in [2.05, 4.69) is 38.9 Å². The molecule has 7 nitrogen and oxygen atoms in total. The first-order valence-corrected chi connectivity index (χ1v) is 5.91. The maximum atomic E-state index is 6.07. The molecule has 2 aromatic rings. The number of nitrogen functional groups attached to an aromatic ring is 1. The number of hydrogen-bond donors (Lipinski definition) is 2. The molecule has 7 heteroatoms. The molecular weight excluding hydrogens is 232 g/mol. The molecule has 0 aromatic carbocycles. The van der Waals surface area contributed by atoms with Crippen molar-refractivity contribution in [3.05, 3.63) is 17.9 Å². The number of nitrogens with one attached hydrogen (secondary N) is 1. The molecule has 3 N–H and O–H groups in total. The van der Waals surface area contributed by atoms with Crippen LogP contribution in [0.25, 0.3) is 0 Å². The number of anilines is 2. The van der Waals surface area contributed by atoms with Gasteiger partial charge in [-0.25, -0.2) is 0 Å². The van der Waals surface area contributed by atoms with Crippen molar-refractivity contribution < 1.29 is 4.52 Å². The Balaban J connectivity index is 2.01. The van der Waals surface area contributed by atoms with Gasteiger partial charge in [0.15, 0.2) is 5.82 Å². The summed E-state index contributed by atoms with van der Waals surface area (Å²) in [7, 11) is 1.87. The normalized spacial score (nSPS) is 11.1. The van der Waals surface area contributed by atoms with Gasteiger partial charge < -0.3 is 15.6 Å². The molecule has 0 unspecified atom stereocenters. The van der Waals surface area contributed by atoms with Crippen LogP contribution >= 0.6 is 0 Å². The minimum absolute atomic E-state index is 0.309. The van der Waals surface area contributed by atoms with Crippen LogP contribution in [0, 0.1) is 0 Å². The number of nitrogens with two attached hydrogens (primary N) is 1. The van der Waals surface area contributed by atoms with E-state index in [0.29, 0.717) is 30.4 Å². The minimum atomic E-state index is 0.309. The number of rotatable bonds is 5. The Kier molecular flexibility index (Phi) is 3.50. The van der Waals surface area contributed by atoms with Crippen molar-refractivity contribution in [3.63, 3.8) is 0 Å². The van der Waals surface area contributed by atoms with Gasteiger partial charge in [-0.1, -0.05) is 19.0 Å². The topological polar surface area (TPSA) is 94.8 Å². The van der Waals surface area contributed by atoms with Crippen molar-refractivity contribution in [2.75, 3.05) is 17.6 Å². The summed E-state index contributed by atoms with van der Waals surface area (Å²) in [6.07, 6.45) is 2.00. The zero-order valence-electron chi connectivity index (χ0n) is 10.8. The van der Waals surface area contributed by atoms with E-state index in [9.17, 15) is 0 Å². The summed E-state index contributed by atoms with van der Waals surface area (Å²) in [5.41, 5.74) is 7.69. The highest BCUT2D eigenvalue weighted by Crippen LogP contribution is 2.27. The Morgan fingerprint density at radius 2 is 2.28 bits per heavy atom. The highest BCUT2D eigenvalue weighted by Gasteiger charge is 2.15. The average molecular weight is 250 g/mol. The highest BCUT2D eigenvalue weighted by atomic mass is 16.5. The van der Waals surface area contributed by atoms with Gasteiger partial charge in [0.05, 0.1) is 11.4 Å². The van der Waals surface area contributed by atoms with Crippen molar-refractivity contribution >= 4 is 11.5 Å². The fourth-order valence-corrected chi connectivity index (χ4v) is 1.79. The van der Waals surface area contributed by atoms with E-state index in [1.165, 1.54) is 6.39 Å². The lowest BCUT2D eigenvalue weighted by Gasteiger charge is -2.06. The first-order valence-electron chi connectivity index (χ1n) is 5.91. The molecule has 0 aliphatic rings. The van der Waals surface area contributed by atoms with Crippen molar-refractivity contribution in [1.29, 1.82) is 0 Å². The van der Waals surface area contributed by atoms with Crippen LogP contribution in [0.5, 0.6) is 0 Å². The van der Waals surface area contributed by atoms with Crippen LogP contribution in [0.1, 0.15) is 31.3 Å². The third kappa shape index (κ3) is 2.44. The summed E-state index contributed by atoms with van der Waals surface area (Å²) in [6, 6.07) is 0. The van der Waals surface area contributed by atoms with Gasteiger partial charge in [-0.15, -0.1) is 0 Å². The standard InChI is InChI=1S/C11H18N6O/c1-7(2)10-9(12)11(17(3)15-10)13-5-4-8-14-6-18-16-8/h6-7,13H,4-5,12H2,1-3H3. The predicted molar refractivity (Wildman–Crippen MR) is 68.2 cm³/mol. The third-order valence-electron chi connectivity index (χ3n) is 2.71. The Morgan fingerprint density at radius 3 is 2.83 bits per heavy atom. The van der Waals surface area contributed by atoms with Gasteiger partial charge in [0.1, 0.15) is 5.82 Å². The average Bonchev–Trinajstić information content (AvgIpc) is 2.91. The molecule has 0 fully saturated rings. The van der Waals surface area contributed by atoms with Crippen LogP contribution in [-0.2, 0) is 13.5 Å². The number of aromatic nitrogens is 4. The lowest BCUT2D eigenvalue weighted by molar-refractivity contribution is 0.410. The van der Waals surface area contributed by atoms with Gasteiger partial charge in [-0.05, 0) is 5.92 Å². The molecule has 2 heterocycles. The van der Waals surface area contributed by atoms with Gasteiger partial charge in [-0.3, -0.25) is 4.68 Å². The molecule has 0 atom stereocenters. The summed E-state index contributed by atoms with van der Waals surface area (Å²) < 4.78 is 6.43. The summed E-state index contributed by atoms with van der Waals surface area (Å²) in [4.78, 5) is 3.95. The Labute approximate surface area is 105 Å². The first kappa shape index (κ1) is 12.4. The van der Waals surface area contributed by atoms with Crippen LogP contribution in [0.4, 0.5) is 11.5 Å². The molecule has 0 saturated carbocycles. The molecule has 0 bridgehead atoms. The van der Waals surface area contributed by atoms with E-state index in [-0.39, 0.29) is 0 Å². The maximum Gasteiger partial charge on any atom is 0.213 e. The van der Waals surface area contributed by atoms with Crippen molar-refractivity contribution in [2.24, 2.45) is 7.05 Å². The Bertz CT molecular complexity index is 502. The van der Waals surface area contributed by atoms with Crippen LogP contribution in [-0.4, -0.2) is 26.5 Å². The van der Waals surface area contributed by atoms with Crippen molar-refractivity contribution in [3.8, 4) is 0 Å². The fraction of sp³-hybridized carbons (Fsp3) is 0.545. The number of nitrogens with zero attached hydrogens (tertiary/aromatic N) is 4. The molecule has 0 radical (unpaired) electrons. The highest BCUT2D eigenvalue weighted by molar-refractivity contribution is 5.65. The molecule has 18 heavy (non-hydrogen) atoms. The summed E-state index contributed by atoms with van der Waals surface area (Å²) >= 11 is 0. The van der Waals surface area contributed by atoms with E-state index in [1.807, 2.05) is 7.05 Å². The SMILES string of the molecule is CC(C)c1nn(C)c(NCCc2ncon2)c1N.